The lowest BCUT2D eigenvalue weighted by atomic mass is 9.88. The largest absolute Gasteiger partial charge is 0.448 e. The van der Waals surface area contributed by atoms with Gasteiger partial charge in [-0.2, -0.15) is 0 Å². The number of aryl methyl sites for hydroxylation is 3. The fourth-order valence-electron chi connectivity index (χ4n) is 6.99. The van der Waals surface area contributed by atoms with Crippen molar-refractivity contribution in [1.82, 2.24) is 29.7 Å². The first-order valence-corrected chi connectivity index (χ1v) is 16.8. The number of pyridine rings is 2. The number of nitrogens with zero attached hydrogens (tertiary/aromatic N) is 4. The van der Waals surface area contributed by atoms with Gasteiger partial charge in [0.05, 0.1) is 29.2 Å². The number of carbonyl (C=O) groups is 3. The van der Waals surface area contributed by atoms with Gasteiger partial charge in [0, 0.05) is 55.3 Å². The SMILES string of the molecule is Cc1cc(-c2cc3cccc(-c4ccc5c(c4)n(C)c(=O)n5C)c3cn2)cnc1C(=O)NCC#Cc1cc2c(C3CCC(=O)NC3=O)cccc2o1. The van der Waals surface area contributed by atoms with Gasteiger partial charge in [-0.1, -0.05) is 42.3 Å². The molecular formula is C41H32N6O5. The minimum atomic E-state index is -0.438. The standard InChI is InChI=1S/C41H32N6O5/c1-23-17-26(33-18-24-7-4-9-28(32(24)22-43-33)25-12-14-34-35(19-25)47(3)41(51)46(34)2)21-44-38(23)40(50)42-16-6-8-27-20-31-29(10-5-11-36(31)52-27)30-13-15-37(48)45-39(30)49/h4-5,7,9-12,14,17-22,30H,13,15-16H2,1-3H3,(H,42,50)(H,45,48,49). The Morgan fingerprint density at radius 1 is 0.923 bits per heavy atom. The first-order chi connectivity index (χ1) is 25.2. The van der Waals surface area contributed by atoms with E-state index in [1.54, 1.807) is 41.6 Å². The number of furan rings is 1. The number of rotatable bonds is 5. The molecule has 7 aromatic rings. The summed E-state index contributed by atoms with van der Waals surface area (Å²) in [5.74, 6) is 4.91. The molecule has 1 unspecified atom stereocenters. The van der Waals surface area contributed by atoms with Gasteiger partial charge in [-0.05, 0) is 77.2 Å². The van der Waals surface area contributed by atoms with Crippen molar-refractivity contribution in [2.75, 3.05) is 6.54 Å². The lowest BCUT2D eigenvalue weighted by molar-refractivity contribution is -0.134. The van der Waals surface area contributed by atoms with Crippen LogP contribution in [-0.4, -0.2) is 43.4 Å². The van der Waals surface area contributed by atoms with Crippen molar-refractivity contribution in [3.63, 3.8) is 0 Å². The number of carbonyl (C=O) groups excluding carboxylic acids is 3. The maximum Gasteiger partial charge on any atom is 0.328 e. The van der Waals surface area contributed by atoms with E-state index >= 15 is 0 Å². The summed E-state index contributed by atoms with van der Waals surface area (Å²) in [5.41, 5.74) is 7.53. The molecule has 1 aliphatic heterocycles. The van der Waals surface area contributed by atoms with Crippen LogP contribution >= 0.6 is 0 Å². The number of aromatic nitrogens is 4. The Bertz CT molecular complexity index is 2760. The van der Waals surface area contributed by atoms with E-state index in [1.165, 1.54) is 0 Å². The van der Waals surface area contributed by atoms with Gasteiger partial charge < -0.3 is 9.73 Å². The third-order valence-electron chi connectivity index (χ3n) is 9.70. The highest BCUT2D eigenvalue weighted by Gasteiger charge is 2.29. The molecule has 1 atom stereocenters. The number of imidazole rings is 1. The van der Waals surface area contributed by atoms with E-state index in [4.69, 9.17) is 9.40 Å². The maximum atomic E-state index is 13.0. The van der Waals surface area contributed by atoms with E-state index in [1.807, 2.05) is 73.8 Å². The van der Waals surface area contributed by atoms with Gasteiger partial charge >= 0.3 is 5.69 Å². The predicted octanol–water partition coefficient (Wildman–Crippen LogP) is 5.51. The molecule has 8 rings (SSSR count). The highest BCUT2D eigenvalue weighted by Crippen LogP contribution is 2.34. The Kier molecular flexibility index (Phi) is 7.99. The highest BCUT2D eigenvalue weighted by atomic mass is 16.3. The minimum absolute atomic E-state index is 0.0685. The van der Waals surface area contributed by atoms with Crippen LogP contribution < -0.4 is 16.3 Å². The molecule has 52 heavy (non-hydrogen) atoms. The molecule has 5 heterocycles. The van der Waals surface area contributed by atoms with Gasteiger partial charge in [0.15, 0.2) is 5.76 Å². The predicted molar refractivity (Wildman–Crippen MR) is 197 cm³/mol. The van der Waals surface area contributed by atoms with Crippen molar-refractivity contribution < 1.29 is 18.8 Å². The molecule has 1 fully saturated rings. The van der Waals surface area contributed by atoms with Gasteiger partial charge in [0.1, 0.15) is 11.3 Å². The van der Waals surface area contributed by atoms with Gasteiger partial charge in [0.25, 0.3) is 5.91 Å². The molecule has 256 valence electrons. The average Bonchev–Trinajstić information content (AvgIpc) is 3.66. The van der Waals surface area contributed by atoms with E-state index < -0.39 is 5.92 Å². The molecule has 0 radical (unpaired) electrons. The number of nitrogens with one attached hydrogen (secondary N) is 2. The molecule has 1 aliphatic rings. The number of benzene rings is 3. The lowest BCUT2D eigenvalue weighted by Gasteiger charge is -2.21. The van der Waals surface area contributed by atoms with Crippen LogP contribution in [0.2, 0.25) is 0 Å². The second kappa shape index (κ2) is 12.8. The normalized spacial score (nSPS) is 14.4. The van der Waals surface area contributed by atoms with E-state index in [0.29, 0.717) is 23.3 Å². The second-order valence-corrected chi connectivity index (χ2v) is 12.9. The molecule has 3 amide bonds. The van der Waals surface area contributed by atoms with Crippen LogP contribution in [0.5, 0.6) is 0 Å². The third kappa shape index (κ3) is 5.70. The van der Waals surface area contributed by atoms with E-state index in [0.717, 1.165) is 55.1 Å². The molecular weight excluding hydrogens is 656 g/mol. The smallest absolute Gasteiger partial charge is 0.328 e. The lowest BCUT2D eigenvalue weighted by Crippen LogP contribution is -2.39. The van der Waals surface area contributed by atoms with Crippen LogP contribution in [0.3, 0.4) is 0 Å². The van der Waals surface area contributed by atoms with E-state index in [2.05, 4.69) is 27.5 Å². The number of piperidine rings is 1. The quantitative estimate of drug-likeness (QED) is 0.180. The number of hydrogen-bond donors (Lipinski definition) is 2. The van der Waals surface area contributed by atoms with Crippen molar-refractivity contribution in [1.29, 1.82) is 0 Å². The molecule has 1 saturated heterocycles. The molecule has 0 aliphatic carbocycles. The summed E-state index contributed by atoms with van der Waals surface area (Å²) in [4.78, 5) is 58.8. The number of fused-ring (bicyclic) bond motifs is 3. The van der Waals surface area contributed by atoms with Gasteiger partial charge in [-0.15, -0.1) is 0 Å². The Labute approximate surface area is 297 Å². The fraction of sp³-hybridized carbons (Fsp3) is 0.171. The first kappa shape index (κ1) is 32.4. The van der Waals surface area contributed by atoms with Gasteiger partial charge in [0.2, 0.25) is 11.8 Å². The molecule has 0 saturated carbocycles. The Morgan fingerprint density at radius 3 is 2.58 bits per heavy atom. The zero-order valence-electron chi connectivity index (χ0n) is 28.6. The molecule has 0 spiro atoms. The third-order valence-corrected chi connectivity index (χ3v) is 9.70. The summed E-state index contributed by atoms with van der Waals surface area (Å²) in [6.07, 6.45) is 4.22. The second-order valence-electron chi connectivity index (χ2n) is 12.9. The summed E-state index contributed by atoms with van der Waals surface area (Å²) in [6.45, 7) is 1.90. The first-order valence-electron chi connectivity index (χ1n) is 16.8. The highest BCUT2D eigenvalue weighted by molar-refractivity contribution is 6.03. The Hall–Kier alpha value is -6.80. The molecule has 2 N–H and O–H groups in total. The Morgan fingerprint density at radius 2 is 1.75 bits per heavy atom. The molecule has 4 aromatic heterocycles. The van der Waals surface area contributed by atoms with Crippen LogP contribution in [0.1, 0.15) is 46.1 Å². The van der Waals surface area contributed by atoms with Gasteiger partial charge in [-0.25, -0.2) is 4.79 Å². The zero-order valence-corrected chi connectivity index (χ0v) is 28.6. The van der Waals surface area contributed by atoms with Crippen LogP contribution in [0, 0.1) is 18.8 Å². The topological polar surface area (TPSA) is 141 Å². The van der Waals surface area contributed by atoms with Crippen LogP contribution in [0.15, 0.2) is 94.4 Å². The summed E-state index contributed by atoms with van der Waals surface area (Å²) in [7, 11) is 3.55. The summed E-state index contributed by atoms with van der Waals surface area (Å²) in [6, 6.07) is 23.3. The van der Waals surface area contributed by atoms with Crippen molar-refractivity contribution in [2.24, 2.45) is 14.1 Å². The van der Waals surface area contributed by atoms with Crippen LogP contribution in [0.4, 0.5) is 0 Å². The van der Waals surface area contributed by atoms with Crippen molar-refractivity contribution in [2.45, 2.75) is 25.7 Å². The summed E-state index contributed by atoms with van der Waals surface area (Å²) < 4.78 is 9.18. The fourth-order valence-corrected chi connectivity index (χ4v) is 6.99. The summed E-state index contributed by atoms with van der Waals surface area (Å²) in [5, 5.41) is 7.96. The van der Waals surface area contributed by atoms with Crippen molar-refractivity contribution >= 4 is 50.5 Å². The van der Waals surface area contributed by atoms with E-state index in [-0.39, 0.29) is 42.1 Å². The zero-order chi connectivity index (χ0) is 36.1. The maximum absolute atomic E-state index is 13.0. The number of imide groups is 1. The summed E-state index contributed by atoms with van der Waals surface area (Å²) >= 11 is 0. The van der Waals surface area contributed by atoms with Crippen molar-refractivity contribution in [3.8, 4) is 34.2 Å². The number of amides is 3. The number of hydrogen-bond acceptors (Lipinski definition) is 7. The van der Waals surface area contributed by atoms with Crippen molar-refractivity contribution in [3.05, 3.63) is 118 Å². The molecule has 11 nitrogen and oxygen atoms in total. The van der Waals surface area contributed by atoms with Crippen LogP contribution in [0.25, 0.3) is 55.2 Å². The van der Waals surface area contributed by atoms with Gasteiger partial charge in [-0.3, -0.25) is 38.8 Å². The van der Waals surface area contributed by atoms with E-state index in [9.17, 15) is 19.2 Å². The monoisotopic (exact) mass is 688 g/mol. The Balaban J connectivity index is 0.968. The average molecular weight is 689 g/mol. The molecule has 0 bridgehead atoms. The van der Waals surface area contributed by atoms with Crippen LogP contribution in [-0.2, 0) is 23.7 Å². The molecule has 3 aromatic carbocycles. The minimum Gasteiger partial charge on any atom is -0.448 e. The molecule has 11 heteroatoms.